The van der Waals surface area contributed by atoms with Gasteiger partial charge in [0.25, 0.3) is 11.1 Å². The first-order valence-electron chi connectivity index (χ1n) is 11.9. The van der Waals surface area contributed by atoms with E-state index in [-0.39, 0.29) is 23.5 Å². The first kappa shape index (κ1) is 25.4. The molecule has 2 amide bonds. The molecular weight excluding hydrogens is 503 g/mol. The van der Waals surface area contributed by atoms with Crippen LogP contribution in [0.5, 0.6) is 17.2 Å². The molecule has 8 heteroatoms. The molecule has 38 heavy (non-hydrogen) atoms. The largest absolute Gasteiger partial charge is 0.497 e. The number of hydrogen-bond donors (Lipinski definition) is 0. The van der Waals surface area contributed by atoms with Crippen LogP contribution in [-0.2, 0) is 11.3 Å². The molecule has 0 unspecified atom stereocenters. The summed E-state index contributed by atoms with van der Waals surface area (Å²) in [5.74, 6) is 1.46. The van der Waals surface area contributed by atoms with Crippen LogP contribution >= 0.6 is 11.8 Å². The Kier molecular flexibility index (Phi) is 7.07. The van der Waals surface area contributed by atoms with Crippen LogP contribution in [0.25, 0.3) is 11.8 Å². The third-order valence-corrected chi connectivity index (χ3v) is 7.18. The van der Waals surface area contributed by atoms with Crippen molar-refractivity contribution in [3.8, 4) is 22.9 Å². The Morgan fingerprint density at radius 3 is 2.11 bits per heavy atom. The van der Waals surface area contributed by atoms with Crippen molar-refractivity contribution in [3.63, 3.8) is 0 Å². The second-order valence-electron chi connectivity index (χ2n) is 8.83. The van der Waals surface area contributed by atoms with Crippen molar-refractivity contribution < 1.29 is 23.5 Å². The molecule has 192 valence electrons. The van der Waals surface area contributed by atoms with E-state index < -0.39 is 0 Å². The molecule has 1 aromatic heterocycles. The summed E-state index contributed by atoms with van der Waals surface area (Å²) in [6.45, 7) is 4.07. The van der Waals surface area contributed by atoms with Gasteiger partial charge in [-0.3, -0.25) is 14.5 Å². The van der Waals surface area contributed by atoms with Gasteiger partial charge < -0.3 is 14.0 Å². The quantitative estimate of drug-likeness (QED) is 0.236. The minimum atomic E-state index is -0.363. The molecule has 0 aliphatic carbocycles. The lowest BCUT2D eigenvalue weighted by molar-refractivity contribution is -0.123. The third-order valence-electron chi connectivity index (χ3n) is 6.27. The van der Waals surface area contributed by atoms with Gasteiger partial charge in [0.2, 0.25) is 0 Å². The highest BCUT2D eigenvalue weighted by atomic mass is 32.2. The summed E-state index contributed by atoms with van der Waals surface area (Å²) >= 11 is 0.915. The zero-order chi connectivity index (χ0) is 26.8. The maximum absolute atomic E-state index is 13.2. The monoisotopic (exact) mass is 528 g/mol. The second-order valence-corrected chi connectivity index (χ2v) is 9.82. The third kappa shape index (κ3) is 5.21. The fourth-order valence-corrected chi connectivity index (χ4v) is 5.15. The van der Waals surface area contributed by atoms with Crippen LogP contribution in [0.4, 0.5) is 9.18 Å². The highest BCUT2D eigenvalue weighted by molar-refractivity contribution is 8.18. The lowest BCUT2D eigenvalue weighted by Gasteiger charge is -2.12. The van der Waals surface area contributed by atoms with Crippen LogP contribution in [0, 0.1) is 19.7 Å². The predicted octanol–water partition coefficient (Wildman–Crippen LogP) is 7.27. The number of carbonyl (C=O) groups excluding carboxylic acids is 2. The molecule has 0 radical (unpaired) electrons. The predicted molar refractivity (Wildman–Crippen MR) is 146 cm³/mol. The molecule has 2 heterocycles. The molecule has 1 aliphatic rings. The molecule has 1 fully saturated rings. The van der Waals surface area contributed by atoms with Gasteiger partial charge in [0.1, 0.15) is 23.1 Å². The van der Waals surface area contributed by atoms with Crippen LogP contribution in [-0.4, -0.2) is 27.7 Å². The average Bonchev–Trinajstić information content (AvgIpc) is 3.34. The Hall–Kier alpha value is -4.30. The minimum absolute atomic E-state index is 0.103. The van der Waals surface area contributed by atoms with E-state index >= 15 is 0 Å². The number of halogens is 1. The van der Waals surface area contributed by atoms with Crippen LogP contribution in [0.3, 0.4) is 0 Å². The number of amides is 2. The molecule has 0 atom stereocenters. The van der Waals surface area contributed by atoms with Crippen molar-refractivity contribution in [3.05, 3.63) is 112 Å². The molecule has 0 N–H and O–H groups in total. The number of hydrogen-bond acceptors (Lipinski definition) is 5. The number of benzene rings is 3. The van der Waals surface area contributed by atoms with Gasteiger partial charge in [0, 0.05) is 17.1 Å². The number of imide groups is 1. The Labute approximate surface area is 224 Å². The van der Waals surface area contributed by atoms with Crippen LogP contribution in [0.1, 0.15) is 22.5 Å². The number of carbonyl (C=O) groups is 2. The van der Waals surface area contributed by atoms with Crippen LogP contribution in [0.2, 0.25) is 0 Å². The highest BCUT2D eigenvalue weighted by Gasteiger charge is 2.35. The first-order valence-corrected chi connectivity index (χ1v) is 12.7. The maximum atomic E-state index is 13.2. The summed E-state index contributed by atoms with van der Waals surface area (Å²) in [7, 11) is 1.62. The van der Waals surface area contributed by atoms with Gasteiger partial charge in [0.15, 0.2) is 0 Å². The fourth-order valence-electron chi connectivity index (χ4n) is 4.32. The van der Waals surface area contributed by atoms with Gasteiger partial charge >= 0.3 is 0 Å². The SMILES string of the molecule is COc1ccc(Oc2ccc(-n3c(C)cc(/C=C4\SC(=O)N(Cc5ccc(F)cc5)C4=O)c3C)cc2)cc1. The lowest BCUT2D eigenvalue weighted by atomic mass is 10.2. The normalized spacial score (nSPS) is 14.4. The average molecular weight is 529 g/mol. The summed E-state index contributed by atoms with van der Waals surface area (Å²) in [5.41, 5.74) is 4.42. The smallest absolute Gasteiger partial charge is 0.293 e. The van der Waals surface area contributed by atoms with Crippen molar-refractivity contribution in [1.82, 2.24) is 9.47 Å². The number of aryl methyl sites for hydroxylation is 1. The summed E-state index contributed by atoms with van der Waals surface area (Å²) in [5, 5.41) is -0.341. The Balaban J connectivity index is 1.33. The molecule has 5 rings (SSSR count). The summed E-state index contributed by atoms with van der Waals surface area (Å²) in [4.78, 5) is 27.1. The Bertz CT molecular complexity index is 1520. The van der Waals surface area contributed by atoms with Crippen molar-refractivity contribution in [1.29, 1.82) is 0 Å². The highest BCUT2D eigenvalue weighted by Crippen LogP contribution is 2.35. The van der Waals surface area contributed by atoms with E-state index in [9.17, 15) is 14.0 Å². The van der Waals surface area contributed by atoms with Gasteiger partial charge in [-0.05, 0) is 110 Å². The summed E-state index contributed by atoms with van der Waals surface area (Å²) in [6, 6.07) is 22.9. The van der Waals surface area contributed by atoms with Crippen LogP contribution in [0.15, 0.2) is 83.8 Å². The van der Waals surface area contributed by atoms with E-state index in [1.54, 1.807) is 25.3 Å². The number of aromatic nitrogens is 1. The van der Waals surface area contributed by atoms with E-state index in [1.807, 2.05) is 68.4 Å². The summed E-state index contributed by atoms with van der Waals surface area (Å²) in [6.07, 6.45) is 1.76. The van der Waals surface area contributed by atoms with E-state index in [2.05, 4.69) is 4.57 Å². The van der Waals surface area contributed by atoms with Crippen molar-refractivity contribution >= 4 is 29.0 Å². The van der Waals surface area contributed by atoms with Gasteiger partial charge in [-0.15, -0.1) is 0 Å². The molecule has 0 saturated carbocycles. The fraction of sp³-hybridized carbons (Fsp3) is 0.133. The Morgan fingerprint density at radius 1 is 0.868 bits per heavy atom. The van der Waals surface area contributed by atoms with Gasteiger partial charge in [-0.25, -0.2) is 4.39 Å². The topological polar surface area (TPSA) is 60.8 Å². The van der Waals surface area contributed by atoms with Crippen molar-refractivity contribution in [2.75, 3.05) is 7.11 Å². The van der Waals surface area contributed by atoms with Crippen molar-refractivity contribution in [2.24, 2.45) is 0 Å². The molecule has 6 nitrogen and oxygen atoms in total. The van der Waals surface area contributed by atoms with E-state index in [0.717, 1.165) is 40.2 Å². The number of ether oxygens (including phenoxy) is 2. The van der Waals surface area contributed by atoms with E-state index in [0.29, 0.717) is 22.0 Å². The van der Waals surface area contributed by atoms with Crippen LogP contribution < -0.4 is 9.47 Å². The lowest BCUT2D eigenvalue weighted by Crippen LogP contribution is -2.27. The standard InChI is InChI=1S/C30H25FN2O4S/c1-19-16-22(17-28-29(34)32(30(35)38-28)18-21-4-6-23(31)7-5-21)20(2)33(19)24-8-10-26(11-9-24)37-27-14-12-25(36-3)13-15-27/h4-17H,18H2,1-3H3/b28-17-. The van der Waals surface area contributed by atoms with Gasteiger partial charge in [0.05, 0.1) is 18.6 Å². The number of nitrogens with zero attached hydrogens (tertiary/aromatic N) is 2. The second kappa shape index (κ2) is 10.6. The maximum Gasteiger partial charge on any atom is 0.293 e. The van der Waals surface area contributed by atoms with E-state index in [1.165, 1.54) is 17.0 Å². The summed E-state index contributed by atoms with van der Waals surface area (Å²) < 4.78 is 26.4. The van der Waals surface area contributed by atoms with Crippen molar-refractivity contribution in [2.45, 2.75) is 20.4 Å². The first-order chi connectivity index (χ1) is 18.3. The Morgan fingerprint density at radius 2 is 1.47 bits per heavy atom. The zero-order valence-electron chi connectivity index (χ0n) is 21.1. The molecule has 0 bridgehead atoms. The molecule has 4 aromatic rings. The number of rotatable bonds is 7. The minimum Gasteiger partial charge on any atom is -0.497 e. The zero-order valence-corrected chi connectivity index (χ0v) is 21.9. The van der Waals surface area contributed by atoms with Gasteiger partial charge in [-0.1, -0.05) is 12.1 Å². The molecule has 1 aliphatic heterocycles. The molecular formula is C30H25FN2O4S. The van der Waals surface area contributed by atoms with Gasteiger partial charge in [-0.2, -0.15) is 0 Å². The molecule has 0 spiro atoms. The molecule has 1 saturated heterocycles. The number of methoxy groups -OCH3 is 1. The van der Waals surface area contributed by atoms with E-state index in [4.69, 9.17) is 9.47 Å². The number of thioether (sulfide) groups is 1. The molecule has 3 aromatic carbocycles.